The Balaban J connectivity index is 1.66. The van der Waals surface area contributed by atoms with Crippen LogP contribution < -0.4 is 4.73 Å². The van der Waals surface area contributed by atoms with Crippen LogP contribution in [0.4, 0.5) is 4.39 Å². The van der Waals surface area contributed by atoms with E-state index in [-0.39, 0.29) is 17.5 Å². The average Bonchev–Trinajstić information content (AvgIpc) is 2.56. The Morgan fingerprint density at radius 3 is 2.78 bits per heavy atom. The van der Waals surface area contributed by atoms with E-state index in [4.69, 9.17) is 0 Å². The lowest BCUT2D eigenvalue weighted by atomic mass is 9.94. The maximum absolute atomic E-state index is 12.9. The van der Waals surface area contributed by atoms with Crippen molar-refractivity contribution in [2.75, 3.05) is 19.6 Å². The zero-order valence-corrected chi connectivity index (χ0v) is 12.8. The molecule has 1 aliphatic rings. The van der Waals surface area contributed by atoms with Crippen molar-refractivity contribution in [3.05, 3.63) is 70.9 Å². The van der Waals surface area contributed by atoms with E-state index in [9.17, 15) is 14.4 Å². The van der Waals surface area contributed by atoms with Crippen molar-refractivity contribution >= 4 is 5.78 Å². The molecule has 1 fully saturated rings. The number of piperidine rings is 1. The fourth-order valence-corrected chi connectivity index (χ4v) is 3.13. The molecule has 4 nitrogen and oxygen atoms in total. The van der Waals surface area contributed by atoms with Crippen LogP contribution in [0.25, 0.3) is 0 Å². The molecule has 23 heavy (non-hydrogen) atoms. The average molecular weight is 314 g/mol. The van der Waals surface area contributed by atoms with Crippen molar-refractivity contribution in [2.45, 2.75) is 18.8 Å². The van der Waals surface area contributed by atoms with Gasteiger partial charge in [-0.3, -0.25) is 9.69 Å². The molecule has 1 unspecified atom stereocenters. The van der Waals surface area contributed by atoms with Crippen molar-refractivity contribution in [1.29, 1.82) is 0 Å². The number of nitrogens with zero attached hydrogens (tertiary/aromatic N) is 2. The van der Waals surface area contributed by atoms with Gasteiger partial charge in [-0.2, -0.15) is 4.73 Å². The Labute approximate surface area is 134 Å². The highest BCUT2D eigenvalue weighted by atomic mass is 19.1. The van der Waals surface area contributed by atoms with E-state index in [0.717, 1.165) is 29.8 Å². The van der Waals surface area contributed by atoms with Gasteiger partial charge >= 0.3 is 0 Å². The van der Waals surface area contributed by atoms with Gasteiger partial charge in [0.2, 0.25) is 0 Å². The van der Waals surface area contributed by atoms with Crippen LogP contribution in [-0.4, -0.2) is 30.3 Å². The maximum atomic E-state index is 12.9. The Hall–Kier alpha value is -2.27. The number of carbonyl (C=O) groups excluding carboxylic acids is 1. The van der Waals surface area contributed by atoms with Crippen molar-refractivity contribution in [3.63, 3.8) is 0 Å². The summed E-state index contributed by atoms with van der Waals surface area (Å²) in [5.74, 6) is -0.221. The molecule has 2 heterocycles. The Morgan fingerprint density at radius 2 is 2.04 bits per heavy atom. The molecule has 1 aliphatic heterocycles. The summed E-state index contributed by atoms with van der Waals surface area (Å²) in [7, 11) is 0. The first-order valence-corrected chi connectivity index (χ1v) is 7.82. The van der Waals surface area contributed by atoms with E-state index >= 15 is 0 Å². The number of halogens is 1. The molecular formula is C18H19FN2O2. The highest BCUT2D eigenvalue weighted by molar-refractivity contribution is 5.97. The van der Waals surface area contributed by atoms with Gasteiger partial charge in [-0.05, 0) is 43.7 Å². The fourth-order valence-electron chi connectivity index (χ4n) is 3.13. The van der Waals surface area contributed by atoms with E-state index < -0.39 is 0 Å². The Bertz CT molecular complexity index is 688. The monoisotopic (exact) mass is 314 g/mol. The third-order valence-corrected chi connectivity index (χ3v) is 4.31. The minimum absolute atomic E-state index is 0.0197. The number of aromatic nitrogens is 1. The molecule has 120 valence electrons. The number of carbonyl (C=O) groups is 1. The SMILES string of the molecule is O=C(CN1CCCC(c2cccc[n+]2[O-])C1)c1ccc(F)cc1. The number of ketones is 1. The van der Waals surface area contributed by atoms with Gasteiger partial charge in [-0.1, -0.05) is 6.07 Å². The molecule has 1 saturated heterocycles. The summed E-state index contributed by atoms with van der Waals surface area (Å²) < 4.78 is 13.8. The molecule has 0 bridgehead atoms. The standard InChI is InChI=1S/C18H19FN2O2/c19-16-8-6-14(7-9-16)18(22)13-20-10-3-4-15(12-20)17-5-1-2-11-21(17)23/h1-2,5-9,11,15H,3-4,10,12-13H2. The van der Waals surface area contributed by atoms with Gasteiger partial charge in [0.1, 0.15) is 5.82 Å². The Morgan fingerprint density at radius 1 is 1.26 bits per heavy atom. The second-order valence-electron chi connectivity index (χ2n) is 5.96. The largest absolute Gasteiger partial charge is 0.618 e. The topological polar surface area (TPSA) is 47.2 Å². The van der Waals surface area contributed by atoms with Crippen LogP contribution in [0.3, 0.4) is 0 Å². The number of Topliss-reactive ketones (excluding diaryl/α,β-unsaturated/α-hetero) is 1. The summed E-state index contributed by atoms with van der Waals surface area (Å²) >= 11 is 0. The van der Waals surface area contributed by atoms with Gasteiger partial charge < -0.3 is 5.21 Å². The lowest BCUT2D eigenvalue weighted by Gasteiger charge is -2.31. The number of rotatable bonds is 4. The molecule has 0 saturated carbocycles. The first-order valence-electron chi connectivity index (χ1n) is 7.82. The number of benzene rings is 1. The third-order valence-electron chi connectivity index (χ3n) is 4.31. The molecule has 5 heteroatoms. The number of hydrogen-bond acceptors (Lipinski definition) is 3. The molecule has 0 spiro atoms. The zero-order valence-electron chi connectivity index (χ0n) is 12.8. The zero-order chi connectivity index (χ0) is 16.2. The molecule has 3 rings (SSSR count). The van der Waals surface area contributed by atoms with Crippen LogP contribution in [-0.2, 0) is 0 Å². The van der Waals surface area contributed by atoms with Gasteiger partial charge in [-0.25, -0.2) is 4.39 Å². The number of pyridine rings is 1. The van der Waals surface area contributed by atoms with Crippen LogP contribution in [0, 0.1) is 11.0 Å². The molecule has 0 N–H and O–H groups in total. The van der Waals surface area contributed by atoms with Crippen LogP contribution in [0.1, 0.15) is 34.8 Å². The first kappa shape index (κ1) is 15.6. The highest BCUT2D eigenvalue weighted by Gasteiger charge is 2.27. The fraction of sp³-hybridized carbons (Fsp3) is 0.333. The summed E-state index contributed by atoms with van der Waals surface area (Å²) in [6, 6.07) is 11.1. The van der Waals surface area contributed by atoms with Gasteiger partial charge in [0, 0.05) is 24.2 Å². The quantitative estimate of drug-likeness (QED) is 0.495. The third kappa shape index (κ3) is 3.74. The van der Waals surface area contributed by atoms with Gasteiger partial charge in [0.05, 0.1) is 12.5 Å². The van der Waals surface area contributed by atoms with E-state index in [0.29, 0.717) is 18.7 Å². The summed E-state index contributed by atoms with van der Waals surface area (Å²) in [5, 5.41) is 11.9. The smallest absolute Gasteiger partial charge is 0.197 e. The normalized spacial score (nSPS) is 18.7. The predicted molar refractivity (Wildman–Crippen MR) is 84.5 cm³/mol. The molecule has 1 aromatic carbocycles. The van der Waals surface area contributed by atoms with E-state index in [1.807, 2.05) is 12.1 Å². The molecule has 1 aromatic heterocycles. The van der Waals surface area contributed by atoms with Crippen LogP contribution in [0.5, 0.6) is 0 Å². The summed E-state index contributed by atoms with van der Waals surface area (Å²) in [6.45, 7) is 1.84. The Kier molecular flexibility index (Phi) is 4.67. The molecule has 0 amide bonds. The van der Waals surface area contributed by atoms with Crippen LogP contribution in [0.15, 0.2) is 48.7 Å². The van der Waals surface area contributed by atoms with Gasteiger partial charge in [0.15, 0.2) is 17.7 Å². The number of likely N-dealkylation sites (tertiary alicyclic amines) is 1. The summed E-state index contributed by atoms with van der Waals surface area (Å²) in [4.78, 5) is 14.4. The van der Waals surface area contributed by atoms with Crippen molar-refractivity contribution in [2.24, 2.45) is 0 Å². The second-order valence-corrected chi connectivity index (χ2v) is 5.96. The lowest BCUT2D eigenvalue weighted by molar-refractivity contribution is -0.615. The summed E-state index contributed by atoms with van der Waals surface area (Å²) in [5.41, 5.74) is 1.28. The second kappa shape index (κ2) is 6.87. The molecule has 0 aliphatic carbocycles. The summed E-state index contributed by atoms with van der Waals surface area (Å²) in [6.07, 6.45) is 3.42. The van der Waals surface area contributed by atoms with Gasteiger partial charge in [-0.15, -0.1) is 0 Å². The first-order chi connectivity index (χ1) is 11.1. The predicted octanol–water partition coefficient (Wildman–Crippen LogP) is 2.52. The van der Waals surface area contributed by atoms with Crippen molar-refractivity contribution in [1.82, 2.24) is 4.90 Å². The molecular weight excluding hydrogens is 295 g/mol. The molecule has 1 atom stereocenters. The maximum Gasteiger partial charge on any atom is 0.197 e. The van der Waals surface area contributed by atoms with Crippen LogP contribution in [0.2, 0.25) is 0 Å². The van der Waals surface area contributed by atoms with E-state index in [1.165, 1.54) is 30.5 Å². The van der Waals surface area contributed by atoms with E-state index in [2.05, 4.69) is 4.90 Å². The minimum Gasteiger partial charge on any atom is -0.618 e. The van der Waals surface area contributed by atoms with Crippen molar-refractivity contribution < 1.29 is 13.9 Å². The number of hydrogen-bond donors (Lipinski definition) is 0. The van der Waals surface area contributed by atoms with E-state index in [1.54, 1.807) is 6.07 Å². The minimum atomic E-state index is -0.344. The highest BCUT2D eigenvalue weighted by Crippen LogP contribution is 2.24. The van der Waals surface area contributed by atoms with Crippen molar-refractivity contribution in [3.8, 4) is 0 Å². The molecule has 0 radical (unpaired) electrons. The molecule has 2 aromatic rings. The van der Waals surface area contributed by atoms with Gasteiger partial charge in [0.25, 0.3) is 0 Å². The van der Waals surface area contributed by atoms with Crippen LogP contribution >= 0.6 is 0 Å². The lowest BCUT2D eigenvalue weighted by Crippen LogP contribution is -2.42.